The predicted molar refractivity (Wildman–Crippen MR) is 134 cm³/mol. The van der Waals surface area contributed by atoms with Gasteiger partial charge in [-0.05, 0) is 62.9 Å². The lowest BCUT2D eigenvalue weighted by Crippen LogP contribution is -2.37. The molecule has 0 unspecified atom stereocenters. The number of furan rings is 1. The van der Waals surface area contributed by atoms with E-state index in [2.05, 4.69) is 15.6 Å². The number of hydrogen-bond donors (Lipinski definition) is 2. The van der Waals surface area contributed by atoms with Crippen molar-refractivity contribution in [1.82, 2.24) is 15.6 Å². The van der Waals surface area contributed by atoms with Crippen molar-refractivity contribution in [2.75, 3.05) is 13.2 Å². The smallest absolute Gasteiger partial charge is 0.255 e. The first kappa shape index (κ1) is 21.9. The van der Waals surface area contributed by atoms with E-state index in [1.165, 1.54) is 19.3 Å². The summed E-state index contributed by atoms with van der Waals surface area (Å²) < 4.78 is 18.0. The lowest BCUT2D eigenvalue weighted by molar-refractivity contribution is 0.0951. The molecule has 0 radical (unpaired) electrons. The molecule has 0 spiro atoms. The number of nitrogens with zero attached hydrogens (tertiary/aromatic N) is 1. The van der Waals surface area contributed by atoms with E-state index < -0.39 is 0 Å². The molecule has 4 aromatic rings. The normalized spacial score (nSPS) is 15.8. The van der Waals surface area contributed by atoms with Gasteiger partial charge in [-0.1, -0.05) is 6.42 Å². The number of carbonyl (C=O) groups is 1. The van der Waals surface area contributed by atoms with Gasteiger partial charge in [-0.25, -0.2) is 0 Å². The van der Waals surface area contributed by atoms with Crippen LogP contribution in [0.25, 0.3) is 21.9 Å². The number of nitrogens with one attached hydrogen (secondary N) is 2. The first-order valence-electron chi connectivity index (χ1n) is 12.4. The van der Waals surface area contributed by atoms with E-state index in [1.54, 1.807) is 6.20 Å². The average molecular weight is 472 g/mol. The predicted octanol–water partition coefficient (Wildman–Crippen LogP) is 5.49. The summed E-state index contributed by atoms with van der Waals surface area (Å²) in [5.41, 5.74) is 2.04. The maximum Gasteiger partial charge on any atom is 0.255 e. The highest BCUT2D eigenvalue weighted by Gasteiger charge is 2.27. The SMILES string of the molecule is Cc1oc2cc(Oc3ccnc4cc(OCCNC5CCC5)ccc34)ccc2c1C(=O)NC1CC1. The van der Waals surface area contributed by atoms with Crippen LogP contribution in [-0.2, 0) is 0 Å². The second kappa shape index (κ2) is 9.23. The minimum Gasteiger partial charge on any atom is -0.492 e. The van der Waals surface area contributed by atoms with Crippen molar-refractivity contribution < 1.29 is 18.7 Å². The molecule has 2 heterocycles. The van der Waals surface area contributed by atoms with Crippen LogP contribution in [-0.4, -0.2) is 36.1 Å². The molecule has 2 aliphatic rings. The molecule has 2 aromatic heterocycles. The Morgan fingerprint density at radius 2 is 1.86 bits per heavy atom. The number of aromatic nitrogens is 1. The maximum atomic E-state index is 12.6. The molecular formula is C28H29N3O4. The minimum absolute atomic E-state index is 0.0746. The van der Waals surface area contributed by atoms with E-state index in [1.807, 2.05) is 49.4 Å². The van der Waals surface area contributed by atoms with Gasteiger partial charge in [0.25, 0.3) is 5.91 Å². The molecule has 2 aromatic carbocycles. The topological polar surface area (TPSA) is 85.6 Å². The van der Waals surface area contributed by atoms with Crippen LogP contribution in [0.15, 0.2) is 53.1 Å². The van der Waals surface area contributed by atoms with Gasteiger partial charge in [0.2, 0.25) is 0 Å². The number of benzene rings is 2. The molecule has 7 nitrogen and oxygen atoms in total. The Balaban J connectivity index is 1.18. The number of pyridine rings is 1. The molecule has 2 saturated carbocycles. The lowest BCUT2D eigenvalue weighted by Gasteiger charge is -2.26. The molecule has 6 rings (SSSR count). The molecule has 2 fully saturated rings. The molecule has 2 aliphatic carbocycles. The Morgan fingerprint density at radius 1 is 1.03 bits per heavy atom. The van der Waals surface area contributed by atoms with Crippen molar-refractivity contribution in [1.29, 1.82) is 0 Å². The molecule has 0 atom stereocenters. The number of carbonyl (C=O) groups excluding carboxylic acids is 1. The van der Waals surface area contributed by atoms with Gasteiger partial charge in [-0.15, -0.1) is 0 Å². The number of rotatable bonds is 9. The standard InChI is InChI=1S/C28H29N3O4/c1-17-27(28(32)31-19-5-6-19)23-10-8-21(16-26(23)34-17)35-25-11-12-30-24-15-20(7-9-22(24)25)33-14-13-29-18-3-2-4-18/h7-12,15-16,18-19,29H,2-6,13-14H2,1H3,(H,31,32). The summed E-state index contributed by atoms with van der Waals surface area (Å²) in [6.07, 6.45) is 7.69. The fraction of sp³-hybridized carbons (Fsp3) is 0.357. The zero-order valence-corrected chi connectivity index (χ0v) is 19.8. The number of fused-ring (bicyclic) bond motifs is 2. The zero-order chi connectivity index (χ0) is 23.8. The maximum absolute atomic E-state index is 12.6. The number of hydrogen-bond acceptors (Lipinski definition) is 6. The monoisotopic (exact) mass is 471 g/mol. The molecular weight excluding hydrogens is 442 g/mol. The third-order valence-electron chi connectivity index (χ3n) is 6.79. The molecule has 7 heteroatoms. The Bertz CT molecular complexity index is 1390. The van der Waals surface area contributed by atoms with Crippen LogP contribution in [0.4, 0.5) is 0 Å². The highest BCUT2D eigenvalue weighted by atomic mass is 16.5. The molecule has 180 valence electrons. The van der Waals surface area contributed by atoms with E-state index in [9.17, 15) is 4.79 Å². The lowest BCUT2D eigenvalue weighted by atomic mass is 9.93. The van der Waals surface area contributed by atoms with Crippen LogP contribution >= 0.6 is 0 Å². The van der Waals surface area contributed by atoms with Gasteiger partial charge in [-0.2, -0.15) is 0 Å². The summed E-state index contributed by atoms with van der Waals surface area (Å²) in [5, 5.41) is 8.24. The number of ether oxygens (including phenoxy) is 2. The molecule has 2 N–H and O–H groups in total. The second-order valence-electron chi connectivity index (χ2n) is 9.46. The van der Waals surface area contributed by atoms with Crippen molar-refractivity contribution in [2.24, 2.45) is 0 Å². The molecule has 0 bridgehead atoms. The molecule has 0 aliphatic heterocycles. The quantitative estimate of drug-likeness (QED) is 0.314. The Morgan fingerprint density at radius 3 is 2.66 bits per heavy atom. The van der Waals surface area contributed by atoms with Crippen molar-refractivity contribution in [3.8, 4) is 17.2 Å². The second-order valence-corrected chi connectivity index (χ2v) is 9.46. The Kier molecular flexibility index (Phi) is 5.78. The summed E-state index contributed by atoms with van der Waals surface area (Å²) in [5.74, 6) is 2.66. The summed E-state index contributed by atoms with van der Waals surface area (Å²) in [4.78, 5) is 17.1. The first-order chi connectivity index (χ1) is 17.1. The largest absolute Gasteiger partial charge is 0.492 e. The summed E-state index contributed by atoms with van der Waals surface area (Å²) in [6, 6.07) is 14.2. The van der Waals surface area contributed by atoms with E-state index in [4.69, 9.17) is 13.9 Å². The molecule has 0 saturated heterocycles. The summed E-state index contributed by atoms with van der Waals surface area (Å²) in [7, 11) is 0. The molecule has 35 heavy (non-hydrogen) atoms. The van der Waals surface area contributed by atoms with Gasteiger partial charge >= 0.3 is 0 Å². The third-order valence-corrected chi connectivity index (χ3v) is 6.79. The zero-order valence-electron chi connectivity index (χ0n) is 19.8. The van der Waals surface area contributed by atoms with Crippen molar-refractivity contribution in [3.63, 3.8) is 0 Å². The summed E-state index contributed by atoms with van der Waals surface area (Å²) in [6.45, 7) is 3.29. The van der Waals surface area contributed by atoms with E-state index in [0.29, 0.717) is 47.1 Å². The van der Waals surface area contributed by atoms with Crippen LogP contribution in [0.2, 0.25) is 0 Å². The highest BCUT2D eigenvalue weighted by Crippen LogP contribution is 2.34. The average Bonchev–Trinajstić information content (AvgIpc) is 3.57. The van der Waals surface area contributed by atoms with Crippen molar-refractivity contribution in [3.05, 3.63) is 60.0 Å². The van der Waals surface area contributed by atoms with Gasteiger partial charge in [0, 0.05) is 47.7 Å². The van der Waals surface area contributed by atoms with Crippen molar-refractivity contribution in [2.45, 2.75) is 51.1 Å². The van der Waals surface area contributed by atoms with Crippen LogP contribution < -0.4 is 20.1 Å². The number of aryl methyl sites for hydroxylation is 1. The van der Waals surface area contributed by atoms with E-state index in [0.717, 1.165) is 41.4 Å². The van der Waals surface area contributed by atoms with Gasteiger partial charge in [-0.3, -0.25) is 9.78 Å². The van der Waals surface area contributed by atoms with Crippen LogP contribution in [0.3, 0.4) is 0 Å². The molecule has 1 amide bonds. The van der Waals surface area contributed by atoms with Crippen LogP contribution in [0.1, 0.15) is 48.2 Å². The third kappa shape index (κ3) is 4.68. The van der Waals surface area contributed by atoms with Crippen LogP contribution in [0, 0.1) is 6.92 Å². The van der Waals surface area contributed by atoms with Gasteiger partial charge in [0.05, 0.1) is 11.1 Å². The van der Waals surface area contributed by atoms with E-state index >= 15 is 0 Å². The number of amides is 1. The van der Waals surface area contributed by atoms with Crippen LogP contribution in [0.5, 0.6) is 17.2 Å². The highest BCUT2D eigenvalue weighted by molar-refractivity contribution is 6.07. The first-order valence-corrected chi connectivity index (χ1v) is 12.4. The Labute approximate surface area is 203 Å². The fourth-order valence-electron chi connectivity index (χ4n) is 4.48. The summed E-state index contributed by atoms with van der Waals surface area (Å²) >= 11 is 0. The minimum atomic E-state index is -0.0746. The van der Waals surface area contributed by atoms with Gasteiger partial charge in [0.15, 0.2) is 0 Å². The Hall–Kier alpha value is -3.58. The van der Waals surface area contributed by atoms with Gasteiger partial charge in [0.1, 0.15) is 35.2 Å². The van der Waals surface area contributed by atoms with E-state index in [-0.39, 0.29) is 5.91 Å². The van der Waals surface area contributed by atoms with Gasteiger partial charge < -0.3 is 24.5 Å². The fourth-order valence-corrected chi connectivity index (χ4v) is 4.48. The van der Waals surface area contributed by atoms with Crippen molar-refractivity contribution >= 4 is 27.8 Å².